The molecule has 1 aromatic rings. The molecule has 0 spiro atoms. The summed E-state index contributed by atoms with van der Waals surface area (Å²) in [6.07, 6.45) is 3.06. The van der Waals surface area contributed by atoms with Gasteiger partial charge in [-0.15, -0.1) is 0 Å². The molecule has 5 nitrogen and oxygen atoms in total. The number of hydrogen-bond donors (Lipinski definition) is 2. The zero-order chi connectivity index (χ0) is 14.9. The van der Waals surface area contributed by atoms with Gasteiger partial charge >= 0.3 is 0 Å². The fraction of sp³-hybridized carbons (Fsp3) is 0.562. The number of rotatable bonds is 8. The topological polar surface area (TPSA) is 59.6 Å². The average Bonchev–Trinajstić information content (AvgIpc) is 2.53. The Morgan fingerprint density at radius 1 is 1.38 bits per heavy atom. The number of ether oxygens (including phenoxy) is 2. The number of carbonyl (C=O) groups excluding carboxylic acids is 1. The van der Waals surface area contributed by atoms with Crippen molar-refractivity contribution in [3.05, 3.63) is 23.8 Å². The number of unbranched alkanes of at least 4 members (excludes halogenated alkanes) is 1. The van der Waals surface area contributed by atoms with Gasteiger partial charge in [-0.3, -0.25) is 4.79 Å². The van der Waals surface area contributed by atoms with Crippen LogP contribution in [0.4, 0.5) is 5.69 Å². The summed E-state index contributed by atoms with van der Waals surface area (Å²) < 4.78 is 11.1. The van der Waals surface area contributed by atoms with Crippen molar-refractivity contribution >= 4 is 11.6 Å². The van der Waals surface area contributed by atoms with E-state index in [0.717, 1.165) is 38.1 Å². The predicted molar refractivity (Wildman–Crippen MR) is 83.1 cm³/mol. The molecule has 0 radical (unpaired) electrons. The highest BCUT2D eigenvalue weighted by Crippen LogP contribution is 2.30. The molecule has 0 saturated heterocycles. The predicted octanol–water partition coefficient (Wildman–Crippen LogP) is 2.43. The van der Waals surface area contributed by atoms with E-state index in [9.17, 15) is 4.79 Å². The maximum Gasteiger partial charge on any atom is 0.255 e. The van der Waals surface area contributed by atoms with Crippen molar-refractivity contribution in [2.75, 3.05) is 38.2 Å². The van der Waals surface area contributed by atoms with Crippen molar-refractivity contribution < 1.29 is 14.3 Å². The van der Waals surface area contributed by atoms with Gasteiger partial charge in [-0.25, -0.2) is 0 Å². The van der Waals surface area contributed by atoms with Crippen molar-refractivity contribution in [2.45, 2.75) is 26.2 Å². The molecule has 1 aromatic carbocycles. The second-order valence-electron chi connectivity index (χ2n) is 5.03. The lowest BCUT2D eigenvalue weighted by molar-refractivity contribution is 0.0936. The van der Waals surface area contributed by atoms with E-state index in [1.807, 2.05) is 12.1 Å². The average molecular weight is 292 g/mol. The summed E-state index contributed by atoms with van der Waals surface area (Å²) in [6, 6.07) is 5.58. The van der Waals surface area contributed by atoms with Gasteiger partial charge in [-0.1, -0.05) is 19.4 Å². The molecule has 2 rings (SSSR count). The van der Waals surface area contributed by atoms with Crippen LogP contribution in [0.2, 0.25) is 0 Å². The van der Waals surface area contributed by atoms with Crippen LogP contribution in [-0.4, -0.2) is 38.8 Å². The molecule has 1 aliphatic rings. The largest absolute Gasteiger partial charge is 0.489 e. The Morgan fingerprint density at radius 3 is 3.10 bits per heavy atom. The Labute approximate surface area is 126 Å². The minimum atomic E-state index is -0.0934. The van der Waals surface area contributed by atoms with Gasteiger partial charge in [0.1, 0.15) is 6.61 Å². The molecule has 0 bridgehead atoms. The van der Waals surface area contributed by atoms with Crippen LogP contribution >= 0.6 is 0 Å². The Balaban J connectivity index is 1.76. The lowest BCUT2D eigenvalue weighted by Gasteiger charge is -2.21. The molecule has 0 atom stereocenters. The van der Waals surface area contributed by atoms with E-state index in [-0.39, 0.29) is 5.91 Å². The zero-order valence-electron chi connectivity index (χ0n) is 12.6. The van der Waals surface area contributed by atoms with Crippen LogP contribution in [0, 0.1) is 0 Å². The third-order valence-electron chi connectivity index (χ3n) is 3.32. The monoisotopic (exact) mass is 292 g/mol. The highest BCUT2D eigenvalue weighted by Gasteiger charge is 2.18. The second kappa shape index (κ2) is 8.52. The second-order valence-corrected chi connectivity index (χ2v) is 5.03. The van der Waals surface area contributed by atoms with E-state index in [1.165, 1.54) is 0 Å². The molecule has 116 valence electrons. The molecule has 2 N–H and O–H groups in total. The maximum absolute atomic E-state index is 12.2. The summed E-state index contributed by atoms with van der Waals surface area (Å²) >= 11 is 0. The third kappa shape index (κ3) is 4.63. The standard InChI is InChI=1S/C16H24N2O3/c1-2-3-10-20-11-5-8-18-16(19)13-6-4-7-14-15(13)21-12-9-17-14/h4,6-7,17H,2-3,5,8-12H2,1H3,(H,18,19). The summed E-state index contributed by atoms with van der Waals surface area (Å²) in [5, 5.41) is 6.14. The summed E-state index contributed by atoms with van der Waals surface area (Å²) in [4.78, 5) is 12.2. The van der Waals surface area contributed by atoms with Crippen molar-refractivity contribution in [3.63, 3.8) is 0 Å². The van der Waals surface area contributed by atoms with Crippen molar-refractivity contribution in [3.8, 4) is 5.75 Å². The fourth-order valence-electron chi connectivity index (χ4n) is 2.17. The van der Waals surface area contributed by atoms with E-state index in [2.05, 4.69) is 17.6 Å². The molecule has 1 heterocycles. The van der Waals surface area contributed by atoms with E-state index < -0.39 is 0 Å². The first-order valence-electron chi connectivity index (χ1n) is 7.68. The molecule has 1 amide bonds. The van der Waals surface area contributed by atoms with Crippen LogP contribution in [0.5, 0.6) is 5.75 Å². The smallest absolute Gasteiger partial charge is 0.255 e. The molecular formula is C16H24N2O3. The van der Waals surface area contributed by atoms with Crippen molar-refractivity contribution in [1.29, 1.82) is 0 Å². The molecule has 0 aliphatic carbocycles. The zero-order valence-corrected chi connectivity index (χ0v) is 12.6. The van der Waals surface area contributed by atoms with Crippen molar-refractivity contribution in [1.82, 2.24) is 5.32 Å². The number of fused-ring (bicyclic) bond motifs is 1. The van der Waals surface area contributed by atoms with Crippen LogP contribution in [-0.2, 0) is 4.74 Å². The number of para-hydroxylation sites is 1. The third-order valence-corrected chi connectivity index (χ3v) is 3.32. The summed E-state index contributed by atoms with van der Waals surface area (Å²) in [6.45, 7) is 5.60. The van der Waals surface area contributed by atoms with E-state index in [1.54, 1.807) is 6.07 Å². The molecule has 0 unspecified atom stereocenters. The highest BCUT2D eigenvalue weighted by atomic mass is 16.5. The first-order valence-corrected chi connectivity index (χ1v) is 7.68. The lowest BCUT2D eigenvalue weighted by atomic mass is 10.1. The lowest BCUT2D eigenvalue weighted by Crippen LogP contribution is -2.27. The Morgan fingerprint density at radius 2 is 2.24 bits per heavy atom. The van der Waals surface area contributed by atoms with Gasteiger partial charge in [0.25, 0.3) is 5.91 Å². The minimum absolute atomic E-state index is 0.0934. The van der Waals surface area contributed by atoms with Crippen LogP contribution in [0.25, 0.3) is 0 Å². The van der Waals surface area contributed by atoms with Gasteiger partial charge in [-0.05, 0) is 25.0 Å². The van der Waals surface area contributed by atoms with E-state index >= 15 is 0 Å². The first-order chi connectivity index (χ1) is 10.3. The molecule has 21 heavy (non-hydrogen) atoms. The molecule has 0 fully saturated rings. The number of amides is 1. The van der Waals surface area contributed by atoms with E-state index in [0.29, 0.717) is 31.1 Å². The Bertz CT molecular complexity index is 463. The number of anilines is 1. The Hall–Kier alpha value is -1.75. The summed E-state index contributed by atoms with van der Waals surface area (Å²) in [5.74, 6) is 0.560. The van der Waals surface area contributed by atoms with Gasteiger partial charge < -0.3 is 20.1 Å². The molecule has 0 saturated carbocycles. The summed E-state index contributed by atoms with van der Waals surface area (Å²) in [7, 11) is 0. The van der Waals surface area contributed by atoms with Crippen LogP contribution in [0.3, 0.4) is 0 Å². The SMILES string of the molecule is CCCCOCCCNC(=O)c1cccc2c1OCCN2. The number of benzene rings is 1. The molecule has 1 aliphatic heterocycles. The maximum atomic E-state index is 12.2. The highest BCUT2D eigenvalue weighted by molar-refractivity contribution is 5.98. The number of hydrogen-bond acceptors (Lipinski definition) is 4. The van der Waals surface area contributed by atoms with Gasteiger partial charge in [0.15, 0.2) is 5.75 Å². The fourth-order valence-corrected chi connectivity index (χ4v) is 2.17. The Kier molecular flexibility index (Phi) is 6.34. The normalized spacial score (nSPS) is 13.0. The summed E-state index contributed by atoms with van der Waals surface area (Å²) in [5.41, 5.74) is 1.48. The van der Waals surface area contributed by atoms with Gasteiger partial charge in [-0.2, -0.15) is 0 Å². The van der Waals surface area contributed by atoms with Crippen LogP contribution in [0.15, 0.2) is 18.2 Å². The number of nitrogens with one attached hydrogen (secondary N) is 2. The molecule has 5 heteroatoms. The molecule has 0 aromatic heterocycles. The van der Waals surface area contributed by atoms with E-state index in [4.69, 9.17) is 9.47 Å². The van der Waals surface area contributed by atoms with Gasteiger partial charge in [0.2, 0.25) is 0 Å². The van der Waals surface area contributed by atoms with Crippen LogP contribution < -0.4 is 15.4 Å². The van der Waals surface area contributed by atoms with Gasteiger partial charge in [0.05, 0.1) is 11.3 Å². The number of carbonyl (C=O) groups is 1. The van der Waals surface area contributed by atoms with Crippen LogP contribution in [0.1, 0.15) is 36.5 Å². The first kappa shape index (κ1) is 15.6. The quantitative estimate of drug-likeness (QED) is 0.723. The minimum Gasteiger partial charge on any atom is -0.489 e. The van der Waals surface area contributed by atoms with Gasteiger partial charge in [0, 0.05) is 26.3 Å². The molecular weight excluding hydrogens is 268 g/mol. The van der Waals surface area contributed by atoms with Crippen molar-refractivity contribution in [2.24, 2.45) is 0 Å².